The first kappa shape index (κ1) is 13.0. The van der Waals surface area contributed by atoms with E-state index in [2.05, 4.69) is 38.2 Å². The van der Waals surface area contributed by atoms with Gasteiger partial charge in [0.2, 0.25) is 0 Å². The highest BCUT2D eigenvalue weighted by molar-refractivity contribution is 5.31. The predicted molar refractivity (Wildman–Crippen MR) is 63.1 cm³/mol. The molecular formula is C13H22O. The molecule has 0 amide bonds. The second-order valence-electron chi connectivity index (χ2n) is 3.06. The minimum atomic E-state index is 0.512. The minimum absolute atomic E-state index is 0.512. The van der Waals surface area contributed by atoms with Crippen LogP contribution in [0.2, 0.25) is 0 Å². The lowest BCUT2D eigenvalue weighted by atomic mass is 10.1. The van der Waals surface area contributed by atoms with Crippen LogP contribution in [0, 0.1) is 5.92 Å². The van der Waals surface area contributed by atoms with Crippen molar-refractivity contribution in [3.63, 3.8) is 0 Å². The molecule has 0 saturated carbocycles. The monoisotopic (exact) mass is 194 g/mol. The van der Waals surface area contributed by atoms with E-state index in [0.717, 1.165) is 12.4 Å². The molecular weight excluding hydrogens is 172 g/mol. The summed E-state index contributed by atoms with van der Waals surface area (Å²) in [6.07, 6.45) is 8.51. The van der Waals surface area contributed by atoms with Crippen LogP contribution in [0.4, 0.5) is 0 Å². The third-order valence-electron chi connectivity index (χ3n) is 1.89. The molecule has 1 aliphatic carbocycles. The smallest absolute Gasteiger partial charge is 0.121 e. The fourth-order valence-electron chi connectivity index (χ4n) is 1.13. The third kappa shape index (κ3) is 4.31. The van der Waals surface area contributed by atoms with Gasteiger partial charge in [0, 0.05) is 0 Å². The van der Waals surface area contributed by atoms with Gasteiger partial charge < -0.3 is 4.74 Å². The molecule has 1 unspecified atom stereocenters. The Morgan fingerprint density at radius 2 is 1.79 bits per heavy atom. The summed E-state index contributed by atoms with van der Waals surface area (Å²) in [6.45, 7) is 11.0. The fraction of sp³-hybridized carbons (Fsp3) is 0.538. The first-order valence-corrected chi connectivity index (χ1v) is 5.44. The van der Waals surface area contributed by atoms with Gasteiger partial charge in [-0.05, 0) is 31.4 Å². The van der Waals surface area contributed by atoms with Crippen LogP contribution in [-0.2, 0) is 4.74 Å². The Kier molecular flexibility index (Phi) is 6.91. The fourth-order valence-corrected chi connectivity index (χ4v) is 1.13. The first-order chi connectivity index (χ1) is 6.74. The lowest BCUT2D eigenvalue weighted by molar-refractivity contribution is 0.240. The molecule has 1 nitrogen and oxygen atoms in total. The van der Waals surface area contributed by atoms with Crippen molar-refractivity contribution in [2.45, 2.75) is 34.6 Å². The van der Waals surface area contributed by atoms with Gasteiger partial charge in [-0.2, -0.15) is 0 Å². The summed E-state index contributed by atoms with van der Waals surface area (Å²) < 4.78 is 5.46. The molecule has 0 heterocycles. The van der Waals surface area contributed by atoms with Crippen molar-refractivity contribution in [2.24, 2.45) is 5.92 Å². The zero-order valence-corrected chi connectivity index (χ0v) is 10.0. The quantitative estimate of drug-likeness (QED) is 0.643. The van der Waals surface area contributed by atoms with E-state index in [-0.39, 0.29) is 0 Å². The first-order valence-electron chi connectivity index (χ1n) is 5.44. The van der Waals surface area contributed by atoms with Crippen LogP contribution in [0.15, 0.2) is 35.6 Å². The highest BCUT2D eigenvalue weighted by Gasteiger charge is 2.01. The molecule has 1 aliphatic rings. The Hall–Kier alpha value is -0.980. The maximum Gasteiger partial charge on any atom is 0.121 e. The number of allylic oxidation sites excluding steroid dienone is 5. The van der Waals surface area contributed by atoms with Crippen molar-refractivity contribution in [1.29, 1.82) is 0 Å². The van der Waals surface area contributed by atoms with Gasteiger partial charge in [0.15, 0.2) is 0 Å². The Bertz CT molecular complexity index is 234. The van der Waals surface area contributed by atoms with Crippen molar-refractivity contribution in [3.05, 3.63) is 35.6 Å². The maximum atomic E-state index is 5.46. The standard InChI is InChI=1S/C11H16O.C2H6/c1-4-12-11-8-6-9(2)5-7-10(11)3;1-2/h5-9H,4H2,1-3H3;1-2H3. The van der Waals surface area contributed by atoms with Crippen LogP contribution >= 0.6 is 0 Å². The van der Waals surface area contributed by atoms with E-state index >= 15 is 0 Å². The van der Waals surface area contributed by atoms with Crippen LogP contribution in [0.1, 0.15) is 34.6 Å². The molecule has 0 bridgehead atoms. The second-order valence-corrected chi connectivity index (χ2v) is 3.06. The van der Waals surface area contributed by atoms with Gasteiger partial charge >= 0.3 is 0 Å². The molecule has 1 heteroatoms. The van der Waals surface area contributed by atoms with Crippen molar-refractivity contribution >= 4 is 0 Å². The molecule has 1 atom stereocenters. The van der Waals surface area contributed by atoms with Crippen LogP contribution in [0.5, 0.6) is 0 Å². The Morgan fingerprint density at radius 3 is 2.36 bits per heavy atom. The molecule has 0 aromatic carbocycles. The zero-order valence-electron chi connectivity index (χ0n) is 10.0. The number of hydrogen-bond donors (Lipinski definition) is 0. The summed E-state index contributed by atoms with van der Waals surface area (Å²) in [4.78, 5) is 0. The predicted octanol–water partition coefficient (Wildman–Crippen LogP) is 4.09. The van der Waals surface area contributed by atoms with Gasteiger partial charge in [0.05, 0.1) is 6.61 Å². The average Bonchev–Trinajstić information content (AvgIpc) is 2.37. The van der Waals surface area contributed by atoms with Crippen molar-refractivity contribution in [2.75, 3.05) is 6.61 Å². The van der Waals surface area contributed by atoms with E-state index in [1.54, 1.807) is 0 Å². The summed E-state index contributed by atoms with van der Waals surface area (Å²) in [7, 11) is 0. The molecule has 0 spiro atoms. The van der Waals surface area contributed by atoms with Crippen LogP contribution in [0.25, 0.3) is 0 Å². The number of hydrogen-bond acceptors (Lipinski definition) is 1. The van der Waals surface area contributed by atoms with Gasteiger partial charge in [0.25, 0.3) is 0 Å². The largest absolute Gasteiger partial charge is 0.494 e. The van der Waals surface area contributed by atoms with Crippen molar-refractivity contribution < 1.29 is 4.74 Å². The molecule has 14 heavy (non-hydrogen) atoms. The van der Waals surface area contributed by atoms with E-state index < -0.39 is 0 Å². The molecule has 0 radical (unpaired) electrons. The molecule has 80 valence electrons. The number of ether oxygens (including phenoxy) is 1. The summed E-state index contributed by atoms with van der Waals surface area (Å²) in [5, 5.41) is 0. The molecule has 0 fully saturated rings. The summed E-state index contributed by atoms with van der Waals surface area (Å²) >= 11 is 0. The molecule has 0 aromatic rings. The Morgan fingerprint density at radius 1 is 1.21 bits per heavy atom. The van der Waals surface area contributed by atoms with E-state index in [0.29, 0.717) is 5.92 Å². The van der Waals surface area contributed by atoms with Gasteiger partial charge in [-0.25, -0.2) is 0 Å². The lowest BCUT2D eigenvalue weighted by Crippen LogP contribution is -1.90. The van der Waals surface area contributed by atoms with E-state index in [1.807, 2.05) is 20.8 Å². The Labute approximate surface area is 88.2 Å². The van der Waals surface area contributed by atoms with Crippen LogP contribution < -0.4 is 0 Å². The van der Waals surface area contributed by atoms with Crippen LogP contribution in [-0.4, -0.2) is 6.61 Å². The van der Waals surface area contributed by atoms with Gasteiger partial charge in [-0.3, -0.25) is 0 Å². The minimum Gasteiger partial charge on any atom is -0.494 e. The third-order valence-corrected chi connectivity index (χ3v) is 1.89. The van der Waals surface area contributed by atoms with Crippen molar-refractivity contribution in [1.82, 2.24) is 0 Å². The normalized spacial score (nSPS) is 19.9. The highest BCUT2D eigenvalue weighted by Crippen LogP contribution is 2.16. The number of rotatable bonds is 2. The summed E-state index contributed by atoms with van der Waals surface area (Å²) in [6, 6.07) is 0. The van der Waals surface area contributed by atoms with Gasteiger partial charge in [-0.1, -0.05) is 39.0 Å². The van der Waals surface area contributed by atoms with Gasteiger partial charge in [-0.15, -0.1) is 0 Å². The van der Waals surface area contributed by atoms with E-state index in [1.165, 1.54) is 5.57 Å². The molecule has 1 rings (SSSR count). The van der Waals surface area contributed by atoms with Crippen LogP contribution in [0.3, 0.4) is 0 Å². The topological polar surface area (TPSA) is 9.23 Å². The average molecular weight is 194 g/mol. The summed E-state index contributed by atoms with van der Waals surface area (Å²) in [5.74, 6) is 1.51. The van der Waals surface area contributed by atoms with Crippen molar-refractivity contribution in [3.8, 4) is 0 Å². The molecule has 0 aliphatic heterocycles. The molecule has 0 N–H and O–H groups in total. The summed E-state index contributed by atoms with van der Waals surface area (Å²) in [5.41, 5.74) is 1.21. The van der Waals surface area contributed by atoms with Gasteiger partial charge in [0.1, 0.15) is 5.76 Å². The SMILES string of the molecule is CC.CCOC1=C(C)C=CC(C)C=C1. The lowest BCUT2D eigenvalue weighted by Gasteiger charge is -2.04. The highest BCUT2D eigenvalue weighted by atomic mass is 16.5. The van der Waals surface area contributed by atoms with E-state index in [4.69, 9.17) is 4.74 Å². The zero-order chi connectivity index (χ0) is 11.0. The molecule has 0 aromatic heterocycles. The Balaban J connectivity index is 0.000000791. The molecule has 0 saturated heterocycles. The van der Waals surface area contributed by atoms with E-state index in [9.17, 15) is 0 Å². The second kappa shape index (κ2) is 7.43. The maximum absolute atomic E-state index is 5.46.